The quantitative estimate of drug-likeness (QED) is 0.310. The standard InChI is InChI=1S/C31H44FN7/c1-21-5-2-3-6-25(21)19-36-31-37-20-26(17-33)30(39-31)35-18-22-15-23-7-4-8-24(16-22)29(23)38-28-11-9-27(10-12-28)34-14-13-32/h2-3,5-6,20,22-24,27-29,34,38H,4,7-16,18-19H2,1H3,(H2,35,36,37,39)/t22?,23-,24+,27?,28?,29?. The third kappa shape index (κ3) is 7.26. The van der Waals surface area contributed by atoms with Crippen molar-refractivity contribution in [2.45, 2.75) is 89.4 Å². The number of nitrogens with one attached hydrogen (secondary N) is 4. The van der Waals surface area contributed by atoms with Crippen molar-refractivity contribution in [1.29, 1.82) is 5.26 Å². The molecule has 3 saturated carbocycles. The maximum atomic E-state index is 12.5. The molecule has 4 N–H and O–H groups in total. The van der Waals surface area contributed by atoms with E-state index in [1.165, 1.54) is 56.1 Å². The van der Waals surface area contributed by atoms with Gasteiger partial charge in [-0.15, -0.1) is 0 Å². The molecule has 2 unspecified atom stereocenters. The van der Waals surface area contributed by atoms with Gasteiger partial charge in [-0.3, -0.25) is 0 Å². The summed E-state index contributed by atoms with van der Waals surface area (Å²) in [5.74, 6) is 3.20. The number of halogens is 1. The van der Waals surface area contributed by atoms with Crippen molar-refractivity contribution >= 4 is 11.8 Å². The molecule has 0 spiro atoms. The average Bonchev–Trinajstić information content (AvgIpc) is 2.95. The summed E-state index contributed by atoms with van der Waals surface area (Å²) in [5.41, 5.74) is 2.92. The molecule has 0 radical (unpaired) electrons. The van der Waals surface area contributed by atoms with Gasteiger partial charge in [0.1, 0.15) is 24.1 Å². The second-order valence-corrected chi connectivity index (χ2v) is 11.9. The highest BCUT2D eigenvalue weighted by Crippen LogP contribution is 2.43. The van der Waals surface area contributed by atoms with Crippen LogP contribution >= 0.6 is 0 Å². The Balaban J connectivity index is 1.14. The Morgan fingerprint density at radius 2 is 1.74 bits per heavy atom. The number of hydrogen-bond donors (Lipinski definition) is 4. The summed E-state index contributed by atoms with van der Waals surface area (Å²) in [6, 6.07) is 12.2. The molecule has 0 saturated heterocycles. The minimum absolute atomic E-state index is 0.277. The maximum absolute atomic E-state index is 12.5. The molecule has 3 aliphatic carbocycles. The van der Waals surface area contributed by atoms with E-state index in [-0.39, 0.29) is 6.67 Å². The fraction of sp³-hybridized carbons (Fsp3) is 0.645. The van der Waals surface area contributed by atoms with Crippen molar-refractivity contribution < 1.29 is 4.39 Å². The number of benzene rings is 1. The SMILES string of the molecule is Cc1ccccc1CNc1ncc(C#N)c(NCC2C[C@H]3CCC[C@@H](C2)C3NC2CCC(NCCF)CC2)n1. The highest BCUT2D eigenvalue weighted by molar-refractivity contribution is 5.53. The minimum Gasteiger partial charge on any atom is -0.369 e. The van der Waals surface area contributed by atoms with E-state index in [9.17, 15) is 9.65 Å². The molecule has 3 fully saturated rings. The number of anilines is 2. The van der Waals surface area contributed by atoms with Crippen molar-refractivity contribution in [3.63, 3.8) is 0 Å². The summed E-state index contributed by atoms with van der Waals surface area (Å²) in [6.07, 6.45) is 12.7. The van der Waals surface area contributed by atoms with E-state index in [1.807, 2.05) is 12.1 Å². The van der Waals surface area contributed by atoms with Crippen LogP contribution in [0, 0.1) is 36.0 Å². The van der Waals surface area contributed by atoms with Gasteiger partial charge in [-0.25, -0.2) is 9.37 Å². The molecule has 1 heterocycles. The van der Waals surface area contributed by atoms with Crippen molar-refractivity contribution in [2.24, 2.45) is 17.8 Å². The van der Waals surface area contributed by atoms with E-state index >= 15 is 0 Å². The lowest BCUT2D eigenvalue weighted by atomic mass is 9.64. The largest absolute Gasteiger partial charge is 0.369 e. The van der Waals surface area contributed by atoms with Gasteiger partial charge in [0.25, 0.3) is 0 Å². The van der Waals surface area contributed by atoms with Crippen LogP contribution in [0.4, 0.5) is 16.2 Å². The Kier molecular flexibility index (Phi) is 9.65. The van der Waals surface area contributed by atoms with E-state index in [1.54, 1.807) is 6.20 Å². The molecule has 2 bridgehead atoms. The first-order chi connectivity index (χ1) is 19.1. The predicted octanol–water partition coefficient (Wildman–Crippen LogP) is 5.34. The topological polar surface area (TPSA) is 97.7 Å². The lowest BCUT2D eigenvalue weighted by Crippen LogP contribution is -2.54. The maximum Gasteiger partial charge on any atom is 0.224 e. The van der Waals surface area contributed by atoms with Gasteiger partial charge in [0.2, 0.25) is 5.95 Å². The monoisotopic (exact) mass is 533 g/mol. The first kappa shape index (κ1) is 27.8. The van der Waals surface area contributed by atoms with Crippen LogP contribution in [0.15, 0.2) is 30.5 Å². The third-order valence-corrected chi connectivity index (χ3v) is 9.29. The van der Waals surface area contributed by atoms with Gasteiger partial charge in [0.05, 0.1) is 6.20 Å². The molecule has 1 aromatic carbocycles. The second kappa shape index (κ2) is 13.5. The molecule has 210 valence electrons. The zero-order valence-corrected chi connectivity index (χ0v) is 23.3. The Hall–Kier alpha value is -2.76. The molecule has 7 nitrogen and oxygen atoms in total. The van der Waals surface area contributed by atoms with Crippen LogP contribution in [0.5, 0.6) is 0 Å². The first-order valence-electron chi connectivity index (χ1n) is 15.0. The average molecular weight is 534 g/mol. The number of fused-ring (bicyclic) bond motifs is 2. The van der Waals surface area contributed by atoms with Gasteiger partial charge >= 0.3 is 0 Å². The summed E-state index contributed by atoms with van der Waals surface area (Å²) >= 11 is 0. The van der Waals surface area contributed by atoms with Crippen LogP contribution in [-0.2, 0) is 6.54 Å². The molecule has 3 aliphatic rings. The Morgan fingerprint density at radius 3 is 2.46 bits per heavy atom. The molecule has 2 aromatic rings. The summed E-state index contributed by atoms with van der Waals surface area (Å²) < 4.78 is 12.5. The van der Waals surface area contributed by atoms with Crippen LogP contribution in [0.25, 0.3) is 0 Å². The summed E-state index contributed by atoms with van der Waals surface area (Å²) in [6.45, 7) is 3.80. The van der Waals surface area contributed by atoms with Crippen molar-refractivity contribution in [3.05, 3.63) is 47.2 Å². The van der Waals surface area contributed by atoms with Crippen molar-refractivity contribution in [1.82, 2.24) is 20.6 Å². The third-order valence-electron chi connectivity index (χ3n) is 9.29. The lowest BCUT2D eigenvalue weighted by molar-refractivity contribution is 0.0743. The Morgan fingerprint density at radius 1 is 1.00 bits per heavy atom. The van der Waals surface area contributed by atoms with Gasteiger partial charge in [-0.2, -0.15) is 10.2 Å². The molecule has 39 heavy (non-hydrogen) atoms. The molecular weight excluding hydrogens is 489 g/mol. The second-order valence-electron chi connectivity index (χ2n) is 11.9. The molecule has 1 aromatic heterocycles. The number of nitrogens with zero attached hydrogens (tertiary/aromatic N) is 3. The van der Waals surface area contributed by atoms with Crippen LogP contribution in [0.2, 0.25) is 0 Å². The molecular formula is C31H44FN7. The van der Waals surface area contributed by atoms with Crippen LogP contribution in [-0.4, -0.2) is 47.9 Å². The van der Waals surface area contributed by atoms with E-state index < -0.39 is 0 Å². The Bertz CT molecular complexity index is 1100. The van der Waals surface area contributed by atoms with Gasteiger partial charge in [0.15, 0.2) is 0 Å². The zero-order valence-electron chi connectivity index (χ0n) is 23.3. The minimum atomic E-state index is -0.277. The fourth-order valence-electron chi connectivity index (χ4n) is 7.21. The highest BCUT2D eigenvalue weighted by atomic mass is 19.1. The fourth-order valence-corrected chi connectivity index (χ4v) is 7.21. The van der Waals surface area contributed by atoms with Crippen LogP contribution < -0.4 is 21.3 Å². The summed E-state index contributed by atoms with van der Waals surface area (Å²) in [4.78, 5) is 9.03. The van der Waals surface area contributed by atoms with Crippen molar-refractivity contribution in [2.75, 3.05) is 30.4 Å². The normalized spacial score (nSPS) is 28.4. The molecule has 5 rings (SSSR count). The summed E-state index contributed by atoms with van der Waals surface area (Å²) in [5, 5.41) is 23.9. The van der Waals surface area contributed by atoms with Gasteiger partial charge < -0.3 is 21.3 Å². The highest BCUT2D eigenvalue weighted by Gasteiger charge is 2.41. The van der Waals surface area contributed by atoms with E-state index in [0.29, 0.717) is 54.5 Å². The van der Waals surface area contributed by atoms with Crippen LogP contribution in [0.3, 0.4) is 0 Å². The number of hydrogen-bond acceptors (Lipinski definition) is 7. The van der Waals surface area contributed by atoms with Gasteiger partial charge in [-0.05, 0) is 87.2 Å². The first-order valence-corrected chi connectivity index (χ1v) is 15.0. The smallest absolute Gasteiger partial charge is 0.224 e. The van der Waals surface area contributed by atoms with E-state index in [2.05, 4.69) is 56.4 Å². The summed E-state index contributed by atoms with van der Waals surface area (Å²) in [7, 11) is 0. The zero-order chi connectivity index (χ0) is 27.0. The predicted molar refractivity (Wildman–Crippen MR) is 154 cm³/mol. The molecule has 4 atom stereocenters. The number of nitriles is 1. The number of aryl methyl sites for hydroxylation is 1. The van der Waals surface area contributed by atoms with E-state index in [4.69, 9.17) is 0 Å². The molecule has 8 heteroatoms. The lowest BCUT2D eigenvalue weighted by Gasteiger charge is -2.48. The molecule has 0 amide bonds. The Labute approximate surface area is 232 Å². The van der Waals surface area contributed by atoms with Gasteiger partial charge in [-0.1, -0.05) is 30.7 Å². The van der Waals surface area contributed by atoms with Gasteiger partial charge in [0, 0.05) is 37.8 Å². The van der Waals surface area contributed by atoms with E-state index in [0.717, 1.165) is 31.2 Å². The molecule has 0 aliphatic heterocycles. The van der Waals surface area contributed by atoms with Crippen LogP contribution in [0.1, 0.15) is 74.5 Å². The number of aromatic nitrogens is 2. The number of rotatable bonds is 11. The van der Waals surface area contributed by atoms with Crippen molar-refractivity contribution in [3.8, 4) is 6.07 Å². The number of alkyl halides is 1.